The van der Waals surface area contributed by atoms with E-state index < -0.39 is 5.72 Å². The van der Waals surface area contributed by atoms with Crippen LogP contribution in [0.15, 0.2) is 53.7 Å². The maximum absolute atomic E-state index is 13.2. The van der Waals surface area contributed by atoms with Crippen LogP contribution in [0.25, 0.3) is 10.9 Å². The third-order valence-corrected chi connectivity index (χ3v) is 5.05. The summed E-state index contributed by atoms with van der Waals surface area (Å²) in [4.78, 5) is 11.5. The van der Waals surface area contributed by atoms with Gasteiger partial charge >= 0.3 is 0 Å². The lowest BCUT2D eigenvalue weighted by Crippen LogP contribution is -2.48. The van der Waals surface area contributed by atoms with Crippen molar-refractivity contribution in [2.24, 2.45) is 5.16 Å². The Morgan fingerprint density at radius 3 is 2.79 bits per heavy atom. The van der Waals surface area contributed by atoms with Crippen molar-refractivity contribution in [1.29, 1.82) is 0 Å². The predicted molar refractivity (Wildman–Crippen MR) is 90.1 cm³/mol. The molecule has 5 rings (SSSR count). The van der Waals surface area contributed by atoms with Crippen LogP contribution in [0.1, 0.15) is 23.7 Å². The fourth-order valence-corrected chi connectivity index (χ4v) is 3.82. The Kier molecular flexibility index (Phi) is 2.61. The summed E-state index contributed by atoms with van der Waals surface area (Å²) in [6.45, 7) is 2.84. The summed E-state index contributed by atoms with van der Waals surface area (Å²) < 4.78 is 13.2. The van der Waals surface area contributed by atoms with Gasteiger partial charge in [0.05, 0.1) is 5.69 Å². The van der Waals surface area contributed by atoms with Gasteiger partial charge in [0.15, 0.2) is 5.84 Å². The van der Waals surface area contributed by atoms with E-state index in [0.717, 1.165) is 35.6 Å². The predicted octanol–water partition coefficient (Wildman–Crippen LogP) is 3.73. The number of H-pyrrole nitrogens is 1. The minimum absolute atomic E-state index is 0.252. The number of hydrogen-bond acceptors (Lipinski definition) is 3. The van der Waals surface area contributed by atoms with Gasteiger partial charge in [0.2, 0.25) is 5.72 Å². The van der Waals surface area contributed by atoms with E-state index in [9.17, 15) is 4.39 Å². The second-order valence-corrected chi connectivity index (χ2v) is 6.42. The summed E-state index contributed by atoms with van der Waals surface area (Å²) >= 11 is 0. The highest BCUT2D eigenvalue weighted by molar-refractivity contribution is 6.00. The van der Waals surface area contributed by atoms with E-state index in [0.29, 0.717) is 0 Å². The highest BCUT2D eigenvalue weighted by atomic mass is 19.1. The fraction of sp³-hybridized carbons (Fsp3) is 0.211. The normalized spacial score (nSPS) is 22.1. The van der Waals surface area contributed by atoms with Crippen molar-refractivity contribution in [1.82, 2.24) is 9.88 Å². The van der Waals surface area contributed by atoms with E-state index in [4.69, 9.17) is 4.84 Å². The molecular formula is C19H16FN3O. The van der Waals surface area contributed by atoms with Crippen molar-refractivity contribution in [3.05, 3.63) is 71.2 Å². The number of hydrogen-bond donors (Lipinski definition) is 1. The lowest BCUT2D eigenvalue weighted by Gasteiger charge is -2.38. The van der Waals surface area contributed by atoms with E-state index in [1.807, 2.05) is 13.0 Å². The number of amidine groups is 1. The number of nitrogens with one attached hydrogen (secondary N) is 1. The minimum Gasteiger partial charge on any atom is -0.359 e. The first-order valence-electron chi connectivity index (χ1n) is 8.06. The van der Waals surface area contributed by atoms with E-state index in [2.05, 4.69) is 33.2 Å². The van der Waals surface area contributed by atoms with E-state index >= 15 is 0 Å². The van der Waals surface area contributed by atoms with Crippen LogP contribution in [0.3, 0.4) is 0 Å². The van der Waals surface area contributed by atoms with Gasteiger partial charge in [-0.2, -0.15) is 0 Å². The van der Waals surface area contributed by atoms with Crippen molar-refractivity contribution in [3.8, 4) is 0 Å². The number of fused-ring (bicyclic) bond motifs is 5. The van der Waals surface area contributed by atoms with E-state index in [-0.39, 0.29) is 5.82 Å². The molecule has 2 aromatic carbocycles. The topological polar surface area (TPSA) is 40.6 Å². The zero-order valence-electron chi connectivity index (χ0n) is 13.2. The molecule has 0 bridgehead atoms. The second kappa shape index (κ2) is 4.60. The van der Waals surface area contributed by atoms with Crippen molar-refractivity contribution in [2.45, 2.75) is 19.1 Å². The average molecular weight is 321 g/mol. The zero-order chi connectivity index (χ0) is 16.3. The smallest absolute Gasteiger partial charge is 0.249 e. The molecule has 1 aromatic heterocycles. The van der Waals surface area contributed by atoms with Gasteiger partial charge in [-0.05, 0) is 42.3 Å². The highest BCUT2D eigenvalue weighted by Crippen LogP contribution is 2.43. The molecule has 120 valence electrons. The number of para-hydroxylation sites is 1. The van der Waals surface area contributed by atoms with Crippen LogP contribution in [0.2, 0.25) is 0 Å². The average Bonchev–Trinajstić information content (AvgIpc) is 3.14. The van der Waals surface area contributed by atoms with Crippen LogP contribution in [0.4, 0.5) is 4.39 Å². The number of oxime groups is 1. The van der Waals surface area contributed by atoms with Gasteiger partial charge < -0.3 is 14.7 Å². The van der Waals surface area contributed by atoms with Gasteiger partial charge in [-0.25, -0.2) is 4.39 Å². The number of rotatable bonds is 1. The van der Waals surface area contributed by atoms with Gasteiger partial charge in [-0.3, -0.25) is 0 Å². The van der Waals surface area contributed by atoms with E-state index in [1.165, 1.54) is 23.1 Å². The molecule has 1 atom stereocenters. The Balaban J connectivity index is 1.61. The third kappa shape index (κ3) is 1.69. The molecule has 1 unspecified atom stereocenters. The largest absolute Gasteiger partial charge is 0.359 e. The first-order chi connectivity index (χ1) is 11.7. The van der Waals surface area contributed by atoms with Gasteiger partial charge in [0.1, 0.15) is 5.82 Å². The molecular weight excluding hydrogens is 305 g/mol. The third-order valence-electron chi connectivity index (χ3n) is 5.05. The molecule has 3 aromatic rings. The van der Waals surface area contributed by atoms with Crippen molar-refractivity contribution >= 4 is 16.7 Å². The standard InChI is InChI=1S/C19H16FN3O/c1-19-17-15(14-4-2-3-5-16(14)21-17)10-11-23(19)18(22-24-19)12-6-8-13(20)9-7-12/h2-9,21H,10-11H2,1H3. The molecule has 2 aliphatic rings. The quantitative estimate of drug-likeness (QED) is 0.742. The lowest BCUT2D eigenvalue weighted by atomic mass is 9.95. The minimum atomic E-state index is -0.656. The van der Waals surface area contributed by atoms with Crippen LogP contribution in [-0.4, -0.2) is 22.3 Å². The Hall–Kier alpha value is -2.82. The monoisotopic (exact) mass is 321 g/mol. The molecule has 24 heavy (non-hydrogen) atoms. The summed E-state index contributed by atoms with van der Waals surface area (Å²) in [5, 5.41) is 5.56. The SMILES string of the molecule is CC12ON=C(c3ccc(F)cc3)N1CCc1c2[nH]c2ccccc12. The number of halogens is 1. The van der Waals surface area contributed by atoms with Gasteiger partial charge in [-0.15, -0.1) is 0 Å². The van der Waals surface area contributed by atoms with Crippen molar-refractivity contribution < 1.29 is 9.23 Å². The van der Waals surface area contributed by atoms with Gasteiger partial charge in [-0.1, -0.05) is 23.4 Å². The maximum atomic E-state index is 13.2. The molecule has 0 aliphatic carbocycles. The number of benzene rings is 2. The Bertz CT molecular complexity index is 976. The van der Waals surface area contributed by atoms with Crippen molar-refractivity contribution in [2.75, 3.05) is 6.54 Å². The van der Waals surface area contributed by atoms with Crippen LogP contribution >= 0.6 is 0 Å². The molecule has 5 heteroatoms. The number of aromatic nitrogens is 1. The highest BCUT2D eigenvalue weighted by Gasteiger charge is 2.49. The zero-order valence-corrected chi connectivity index (χ0v) is 13.2. The lowest BCUT2D eigenvalue weighted by molar-refractivity contribution is -0.0984. The number of aromatic amines is 1. The first-order valence-corrected chi connectivity index (χ1v) is 8.06. The molecule has 0 saturated heterocycles. The molecule has 0 saturated carbocycles. The second-order valence-electron chi connectivity index (χ2n) is 6.42. The Morgan fingerprint density at radius 2 is 1.96 bits per heavy atom. The number of nitrogens with zero attached hydrogens (tertiary/aromatic N) is 2. The Morgan fingerprint density at radius 1 is 1.17 bits per heavy atom. The molecule has 0 fully saturated rings. The van der Waals surface area contributed by atoms with Gasteiger partial charge in [0, 0.05) is 29.9 Å². The molecule has 0 amide bonds. The maximum Gasteiger partial charge on any atom is 0.249 e. The molecule has 2 aliphatic heterocycles. The van der Waals surface area contributed by atoms with Crippen LogP contribution in [0, 0.1) is 5.82 Å². The molecule has 0 spiro atoms. The molecule has 0 radical (unpaired) electrons. The summed E-state index contributed by atoms with van der Waals surface area (Å²) in [7, 11) is 0. The molecule has 4 nitrogen and oxygen atoms in total. The molecule has 3 heterocycles. The first kappa shape index (κ1) is 13.6. The summed E-state index contributed by atoms with van der Waals surface area (Å²) in [6, 6.07) is 14.7. The van der Waals surface area contributed by atoms with Gasteiger partial charge in [0.25, 0.3) is 0 Å². The Labute approximate surface area is 138 Å². The summed E-state index contributed by atoms with van der Waals surface area (Å²) in [5.74, 6) is 0.499. The van der Waals surface area contributed by atoms with Crippen molar-refractivity contribution in [3.63, 3.8) is 0 Å². The van der Waals surface area contributed by atoms with Crippen LogP contribution < -0.4 is 0 Å². The fourth-order valence-electron chi connectivity index (χ4n) is 3.82. The molecule has 1 N–H and O–H groups in total. The van der Waals surface area contributed by atoms with Crippen LogP contribution in [0.5, 0.6) is 0 Å². The summed E-state index contributed by atoms with van der Waals surface area (Å²) in [5.41, 5.74) is 3.66. The summed E-state index contributed by atoms with van der Waals surface area (Å²) in [6.07, 6.45) is 0.915. The van der Waals surface area contributed by atoms with E-state index in [1.54, 1.807) is 12.1 Å². The van der Waals surface area contributed by atoms with Crippen LogP contribution in [-0.2, 0) is 17.0 Å².